The maximum atomic E-state index is 13.2. The number of nitriles is 1. The van der Waals surface area contributed by atoms with E-state index in [1.54, 1.807) is 11.0 Å². The normalized spacial score (nSPS) is 18.3. The number of carbonyl (C=O) groups is 3. The number of carbonyl (C=O) groups excluding carboxylic acids is 3. The minimum absolute atomic E-state index is 0.238. The van der Waals surface area contributed by atoms with Crippen molar-refractivity contribution in [2.45, 2.75) is 38.8 Å². The molecule has 40 heavy (non-hydrogen) atoms. The first-order chi connectivity index (χ1) is 18.9. The van der Waals surface area contributed by atoms with Crippen LogP contribution in [0.4, 0.5) is 10.5 Å². The fourth-order valence-electron chi connectivity index (χ4n) is 5.16. The second-order valence-corrected chi connectivity index (χ2v) is 11.6. The zero-order valence-electron chi connectivity index (χ0n) is 23.6. The molecule has 1 spiro atoms. The molecule has 10 nitrogen and oxygen atoms in total. The van der Waals surface area contributed by atoms with Crippen molar-refractivity contribution >= 4 is 24.2 Å². The van der Waals surface area contributed by atoms with E-state index in [1.165, 1.54) is 0 Å². The summed E-state index contributed by atoms with van der Waals surface area (Å²) in [5, 5.41) is 12.7. The summed E-state index contributed by atoms with van der Waals surface area (Å²) < 4.78 is 16.2. The van der Waals surface area contributed by atoms with Crippen LogP contribution in [0, 0.1) is 22.7 Å². The van der Waals surface area contributed by atoms with Crippen molar-refractivity contribution in [2.24, 2.45) is 11.3 Å². The third-order valence-corrected chi connectivity index (χ3v) is 7.21. The van der Waals surface area contributed by atoms with Crippen molar-refractivity contribution in [1.29, 1.82) is 5.26 Å². The summed E-state index contributed by atoms with van der Waals surface area (Å²) in [7, 11) is 3.75. The Labute approximate surface area is 234 Å². The van der Waals surface area contributed by atoms with Crippen LogP contribution in [-0.2, 0) is 25.5 Å². The summed E-state index contributed by atoms with van der Waals surface area (Å²) in [6.07, 6.45) is -0.0481. The fourth-order valence-corrected chi connectivity index (χ4v) is 5.16. The molecule has 2 aliphatic heterocycles. The molecular formula is C30H36N4O6. The van der Waals surface area contributed by atoms with Crippen molar-refractivity contribution in [3.8, 4) is 22.9 Å². The van der Waals surface area contributed by atoms with Crippen molar-refractivity contribution in [2.75, 3.05) is 45.3 Å². The quantitative estimate of drug-likeness (QED) is 0.499. The number of nitrogens with one attached hydrogen (secondary N) is 1. The third-order valence-electron chi connectivity index (χ3n) is 7.21. The van der Waals surface area contributed by atoms with E-state index in [1.807, 2.05) is 76.2 Å². The standard InChI is InChI=1S/C30H36N4O6/c1-29(2,3)40-28(37)34-16-30(17-34)18-38-15-24(30)27(36)32-23(14-31)12-20-6-8-21(9-7-20)22-10-11-26(39-19-35)25(13-22)33(4)5/h6-11,13,19,23-24H,12,15-18H2,1-5H3,(H,32,36)/t23-,24?/m0/s1. The van der Waals surface area contributed by atoms with E-state index < -0.39 is 29.1 Å². The predicted molar refractivity (Wildman–Crippen MR) is 149 cm³/mol. The molecule has 4 rings (SSSR count). The number of rotatable bonds is 8. The average molecular weight is 549 g/mol. The molecule has 2 amide bonds. The molecule has 0 saturated carbocycles. The predicted octanol–water partition coefficient (Wildman–Crippen LogP) is 3.39. The molecule has 1 N–H and O–H groups in total. The first kappa shape index (κ1) is 28.9. The van der Waals surface area contributed by atoms with Gasteiger partial charge >= 0.3 is 6.09 Å². The van der Waals surface area contributed by atoms with E-state index in [2.05, 4.69) is 11.4 Å². The van der Waals surface area contributed by atoms with Gasteiger partial charge < -0.3 is 29.3 Å². The molecule has 2 aromatic carbocycles. The Kier molecular flexibility index (Phi) is 8.35. The van der Waals surface area contributed by atoms with Gasteiger partial charge in [0, 0.05) is 39.0 Å². The fraction of sp³-hybridized carbons (Fsp3) is 0.467. The van der Waals surface area contributed by atoms with Gasteiger partial charge in [-0.25, -0.2) is 4.79 Å². The smallest absolute Gasteiger partial charge is 0.410 e. The van der Waals surface area contributed by atoms with Gasteiger partial charge in [0.05, 0.1) is 30.9 Å². The monoisotopic (exact) mass is 548 g/mol. The minimum atomic E-state index is -0.710. The SMILES string of the molecule is CN(C)c1cc(-c2ccc(C[C@@H](C#N)NC(=O)C3COCC34CN(C(=O)OC(C)(C)C)C4)cc2)ccc1OC=O. The Hall–Kier alpha value is -4.10. The Balaban J connectivity index is 1.37. The van der Waals surface area contributed by atoms with Gasteiger partial charge in [0.2, 0.25) is 5.91 Å². The van der Waals surface area contributed by atoms with Crippen molar-refractivity contribution < 1.29 is 28.6 Å². The topological polar surface area (TPSA) is 121 Å². The van der Waals surface area contributed by atoms with E-state index in [9.17, 15) is 19.6 Å². The number of anilines is 1. The highest BCUT2D eigenvalue weighted by atomic mass is 16.6. The van der Waals surface area contributed by atoms with E-state index in [0.29, 0.717) is 38.3 Å². The number of amides is 2. The largest absolute Gasteiger partial charge is 0.444 e. The molecule has 0 radical (unpaired) electrons. The van der Waals surface area contributed by atoms with Gasteiger partial charge in [-0.15, -0.1) is 0 Å². The lowest BCUT2D eigenvalue weighted by atomic mass is 9.71. The van der Waals surface area contributed by atoms with Crippen molar-refractivity contribution in [1.82, 2.24) is 10.2 Å². The van der Waals surface area contributed by atoms with Gasteiger partial charge in [0.15, 0.2) is 5.75 Å². The number of likely N-dealkylation sites (tertiary alicyclic amines) is 1. The second kappa shape index (κ2) is 11.6. The van der Waals surface area contributed by atoms with Crippen LogP contribution in [0.5, 0.6) is 5.75 Å². The maximum Gasteiger partial charge on any atom is 0.410 e. The Morgan fingerprint density at radius 3 is 2.48 bits per heavy atom. The molecule has 1 unspecified atom stereocenters. The van der Waals surface area contributed by atoms with Crippen LogP contribution in [0.25, 0.3) is 11.1 Å². The summed E-state index contributed by atoms with van der Waals surface area (Å²) in [4.78, 5) is 39.9. The molecule has 0 aromatic heterocycles. The van der Waals surface area contributed by atoms with Gasteiger partial charge in [-0.1, -0.05) is 30.3 Å². The molecule has 0 aliphatic carbocycles. The number of hydrogen-bond acceptors (Lipinski definition) is 8. The average Bonchev–Trinajstić information content (AvgIpc) is 3.33. The van der Waals surface area contributed by atoms with Crippen molar-refractivity contribution in [3.05, 3.63) is 48.0 Å². The van der Waals surface area contributed by atoms with Gasteiger partial charge in [0.1, 0.15) is 11.6 Å². The van der Waals surface area contributed by atoms with Crippen LogP contribution < -0.4 is 15.0 Å². The Morgan fingerprint density at radius 1 is 1.20 bits per heavy atom. The molecule has 0 bridgehead atoms. The third kappa shape index (κ3) is 6.37. The highest BCUT2D eigenvalue weighted by Gasteiger charge is 2.57. The lowest BCUT2D eigenvalue weighted by Gasteiger charge is -2.49. The lowest BCUT2D eigenvalue weighted by Crippen LogP contribution is -2.64. The minimum Gasteiger partial charge on any atom is -0.444 e. The molecule has 10 heteroatoms. The summed E-state index contributed by atoms with van der Waals surface area (Å²) in [6, 6.07) is 14.8. The van der Waals surface area contributed by atoms with E-state index in [-0.39, 0.29) is 12.5 Å². The van der Waals surface area contributed by atoms with Gasteiger partial charge in [-0.2, -0.15) is 5.26 Å². The van der Waals surface area contributed by atoms with Crippen LogP contribution in [0.1, 0.15) is 26.3 Å². The Bertz CT molecular complexity index is 1290. The molecular weight excluding hydrogens is 512 g/mol. The van der Waals surface area contributed by atoms with Gasteiger partial charge in [-0.05, 0) is 49.6 Å². The molecule has 2 fully saturated rings. The van der Waals surface area contributed by atoms with Crippen molar-refractivity contribution in [3.63, 3.8) is 0 Å². The Morgan fingerprint density at radius 2 is 1.88 bits per heavy atom. The van der Waals surface area contributed by atoms with Crippen LogP contribution in [0.3, 0.4) is 0 Å². The molecule has 212 valence electrons. The summed E-state index contributed by atoms with van der Waals surface area (Å²) in [5.41, 5.74) is 2.54. The number of ether oxygens (including phenoxy) is 3. The first-order valence-corrected chi connectivity index (χ1v) is 13.2. The molecule has 2 atom stereocenters. The lowest BCUT2D eigenvalue weighted by molar-refractivity contribution is -0.132. The number of nitrogens with zero attached hydrogens (tertiary/aromatic N) is 3. The summed E-state index contributed by atoms with van der Waals surface area (Å²) >= 11 is 0. The van der Waals surface area contributed by atoms with E-state index in [0.717, 1.165) is 22.4 Å². The summed E-state index contributed by atoms with van der Waals surface area (Å²) in [6.45, 7) is 7.27. The molecule has 2 aliphatic rings. The second-order valence-electron chi connectivity index (χ2n) is 11.6. The zero-order chi connectivity index (χ0) is 29.1. The van der Waals surface area contributed by atoms with Gasteiger partial charge in [0.25, 0.3) is 6.47 Å². The van der Waals surface area contributed by atoms with Crippen LogP contribution in [0.15, 0.2) is 42.5 Å². The molecule has 2 aromatic rings. The van der Waals surface area contributed by atoms with Crippen LogP contribution in [0.2, 0.25) is 0 Å². The molecule has 2 heterocycles. The van der Waals surface area contributed by atoms with Gasteiger partial charge in [-0.3, -0.25) is 9.59 Å². The maximum absolute atomic E-state index is 13.2. The zero-order valence-corrected chi connectivity index (χ0v) is 23.6. The summed E-state index contributed by atoms with van der Waals surface area (Å²) in [5.74, 6) is -0.207. The van der Waals surface area contributed by atoms with Crippen LogP contribution in [-0.4, -0.2) is 75.4 Å². The highest BCUT2D eigenvalue weighted by Crippen LogP contribution is 2.43. The van der Waals surface area contributed by atoms with Crippen LogP contribution >= 0.6 is 0 Å². The first-order valence-electron chi connectivity index (χ1n) is 13.2. The number of hydrogen-bond donors (Lipinski definition) is 1. The van der Waals surface area contributed by atoms with E-state index in [4.69, 9.17) is 14.2 Å². The molecule has 2 saturated heterocycles. The van der Waals surface area contributed by atoms with E-state index >= 15 is 0 Å². The number of benzene rings is 2. The highest BCUT2D eigenvalue weighted by molar-refractivity contribution is 5.82.